The summed E-state index contributed by atoms with van der Waals surface area (Å²) in [5.74, 6) is 0.780. The normalized spacial score (nSPS) is 24.1. The molecular weight excluding hydrogens is 264 g/mol. The summed E-state index contributed by atoms with van der Waals surface area (Å²) in [6, 6.07) is 5.08. The number of aryl methyl sites for hydroxylation is 1. The quantitative estimate of drug-likeness (QED) is 0.926. The van der Waals surface area contributed by atoms with Gasteiger partial charge in [0, 0.05) is 18.7 Å². The van der Waals surface area contributed by atoms with Gasteiger partial charge in [-0.3, -0.25) is 0 Å². The summed E-state index contributed by atoms with van der Waals surface area (Å²) in [5, 5.41) is 9.23. The van der Waals surface area contributed by atoms with Crippen LogP contribution in [0.3, 0.4) is 0 Å². The molecule has 2 rings (SSSR count). The predicted molar refractivity (Wildman–Crippen MR) is 74.4 cm³/mol. The first-order valence-corrected chi connectivity index (χ1v) is 8.46. The molecule has 2 unspecified atom stereocenters. The third kappa shape index (κ3) is 3.86. The Kier molecular flexibility index (Phi) is 4.04. The van der Waals surface area contributed by atoms with Gasteiger partial charge in [-0.25, -0.2) is 8.42 Å². The molecule has 19 heavy (non-hydrogen) atoms. The molecule has 0 spiro atoms. The van der Waals surface area contributed by atoms with E-state index in [0.717, 1.165) is 24.8 Å². The molecule has 1 fully saturated rings. The third-order valence-corrected chi connectivity index (χ3v) is 5.16. The highest BCUT2D eigenvalue weighted by atomic mass is 32.2. The fourth-order valence-electron chi connectivity index (χ4n) is 2.59. The van der Waals surface area contributed by atoms with Gasteiger partial charge in [0.05, 0.1) is 11.4 Å². The molecule has 0 bridgehead atoms. The molecule has 106 valence electrons. The highest BCUT2D eigenvalue weighted by Gasteiger charge is 2.29. The van der Waals surface area contributed by atoms with E-state index in [4.69, 9.17) is 4.74 Å². The zero-order valence-corrected chi connectivity index (χ0v) is 12.1. The van der Waals surface area contributed by atoms with Crippen LogP contribution < -0.4 is 4.74 Å². The second-order valence-electron chi connectivity index (χ2n) is 5.36. The Bertz CT molecular complexity index is 530. The zero-order chi connectivity index (χ0) is 14.0. The van der Waals surface area contributed by atoms with Gasteiger partial charge < -0.3 is 9.84 Å². The summed E-state index contributed by atoms with van der Waals surface area (Å²) >= 11 is 0. The van der Waals surface area contributed by atoms with Crippen LogP contribution in [0.5, 0.6) is 11.5 Å². The average Bonchev–Trinajstić information content (AvgIpc) is 2.26. The molecule has 0 aromatic heterocycles. The van der Waals surface area contributed by atoms with Crippen LogP contribution in [0.1, 0.15) is 31.2 Å². The summed E-state index contributed by atoms with van der Waals surface area (Å²) < 4.78 is 29.0. The van der Waals surface area contributed by atoms with Crippen LogP contribution in [-0.4, -0.2) is 31.1 Å². The molecule has 1 aliphatic rings. The van der Waals surface area contributed by atoms with E-state index in [1.807, 2.05) is 13.0 Å². The lowest BCUT2D eigenvalue weighted by atomic mass is 9.97. The van der Waals surface area contributed by atoms with E-state index < -0.39 is 9.84 Å². The number of benzene rings is 1. The topological polar surface area (TPSA) is 63.6 Å². The van der Waals surface area contributed by atoms with Crippen LogP contribution >= 0.6 is 0 Å². The first kappa shape index (κ1) is 14.2. The fraction of sp³-hybridized carbons (Fsp3) is 0.571. The standard InChI is InChI=1S/C14H20O4S/c1-10-6-11(15)8-13(7-10)18-12-4-3-5-14(9-12)19(2,16)17/h6-8,12,14-15H,3-5,9H2,1-2H3. The molecule has 1 N–H and O–H groups in total. The van der Waals surface area contributed by atoms with Gasteiger partial charge in [-0.2, -0.15) is 0 Å². The van der Waals surface area contributed by atoms with Crippen LogP contribution in [-0.2, 0) is 9.84 Å². The van der Waals surface area contributed by atoms with Crippen LogP contribution in [0, 0.1) is 6.92 Å². The van der Waals surface area contributed by atoms with Crippen LogP contribution in [0.2, 0.25) is 0 Å². The van der Waals surface area contributed by atoms with Gasteiger partial charge in [0.15, 0.2) is 0 Å². The average molecular weight is 284 g/mol. The van der Waals surface area contributed by atoms with E-state index in [1.54, 1.807) is 12.1 Å². The molecule has 1 saturated carbocycles. The van der Waals surface area contributed by atoms with E-state index in [2.05, 4.69) is 0 Å². The Balaban J connectivity index is 2.06. The smallest absolute Gasteiger partial charge is 0.150 e. The Morgan fingerprint density at radius 2 is 2.00 bits per heavy atom. The molecule has 1 aromatic carbocycles. The predicted octanol–water partition coefficient (Wildman–Crippen LogP) is 2.44. The lowest BCUT2D eigenvalue weighted by molar-refractivity contribution is 0.156. The lowest BCUT2D eigenvalue weighted by Crippen LogP contribution is -2.33. The van der Waals surface area contributed by atoms with Gasteiger partial charge in [-0.15, -0.1) is 0 Å². The van der Waals surface area contributed by atoms with Crippen molar-refractivity contribution in [1.82, 2.24) is 0 Å². The number of phenolic OH excluding ortho intramolecular Hbond substituents is 1. The summed E-state index contributed by atoms with van der Waals surface area (Å²) in [7, 11) is -3.00. The van der Waals surface area contributed by atoms with Crippen LogP contribution in [0.25, 0.3) is 0 Å². The minimum absolute atomic E-state index is 0.0883. The van der Waals surface area contributed by atoms with Crippen molar-refractivity contribution in [2.24, 2.45) is 0 Å². The summed E-state index contributed by atoms with van der Waals surface area (Å²) in [6.45, 7) is 1.88. The Morgan fingerprint density at radius 3 is 2.63 bits per heavy atom. The molecule has 0 amide bonds. The number of aromatic hydroxyl groups is 1. The van der Waals surface area contributed by atoms with E-state index in [0.29, 0.717) is 12.2 Å². The van der Waals surface area contributed by atoms with Crippen LogP contribution in [0.4, 0.5) is 0 Å². The van der Waals surface area contributed by atoms with Gasteiger partial charge in [0.25, 0.3) is 0 Å². The Labute approximate surface area is 114 Å². The number of hydrogen-bond donors (Lipinski definition) is 1. The molecule has 1 aromatic rings. The van der Waals surface area contributed by atoms with Crippen molar-refractivity contribution in [3.05, 3.63) is 23.8 Å². The van der Waals surface area contributed by atoms with Crippen LogP contribution in [0.15, 0.2) is 18.2 Å². The lowest BCUT2D eigenvalue weighted by Gasteiger charge is -2.28. The highest BCUT2D eigenvalue weighted by molar-refractivity contribution is 7.91. The maximum absolute atomic E-state index is 11.6. The molecule has 1 aliphatic carbocycles. The number of phenols is 1. The van der Waals surface area contributed by atoms with Crippen molar-refractivity contribution >= 4 is 9.84 Å². The summed E-state index contributed by atoms with van der Waals surface area (Å²) in [4.78, 5) is 0. The summed E-state index contributed by atoms with van der Waals surface area (Å²) in [6.07, 6.45) is 4.18. The number of sulfone groups is 1. The maximum Gasteiger partial charge on any atom is 0.150 e. The minimum Gasteiger partial charge on any atom is -0.508 e. The minimum atomic E-state index is -3.00. The van der Waals surface area contributed by atoms with Crippen molar-refractivity contribution in [3.8, 4) is 11.5 Å². The molecular formula is C14H20O4S. The monoisotopic (exact) mass is 284 g/mol. The van der Waals surface area contributed by atoms with Crippen molar-refractivity contribution in [2.45, 2.75) is 44.0 Å². The molecule has 5 heteroatoms. The molecule has 0 radical (unpaired) electrons. The van der Waals surface area contributed by atoms with Crippen molar-refractivity contribution in [2.75, 3.05) is 6.26 Å². The second-order valence-corrected chi connectivity index (χ2v) is 7.69. The van der Waals surface area contributed by atoms with E-state index in [-0.39, 0.29) is 17.1 Å². The van der Waals surface area contributed by atoms with Crippen molar-refractivity contribution < 1.29 is 18.3 Å². The van der Waals surface area contributed by atoms with E-state index in [1.165, 1.54) is 6.26 Å². The number of rotatable bonds is 3. The number of ether oxygens (including phenoxy) is 1. The maximum atomic E-state index is 11.6. The zero-order valence-electron chi connectivity index (χ0n) is 11.3. The SMILES string of the molecule is Cc1cc(O)cc(OC2CCCC(S(C)(=O)=O)C2)c1. The molecule has 0 heterocycles. The molecule has 2 atom stereocenters. The highest BCUT2D eigenvalue weighted by Crippen LogP contribution is 2.29. The van der Waals surface area contributed by atoms with E-state index >= 15 is 0 Å². The molecule has 0 saturated heterocycles. The molecule has 4 nitrogen and oxygen atoms in total. The Hall–Kier alpha value is -1.23. The van der Waals surface area contributed by atoms with Gasteiger partial charge >= 0.3 is 0 Å². The fourth-order valence-corrected chi connectivity index (χ4v) is 3.75. The van der Waals surface area contributed by atoms with Gasteiger partial charge in [-0.1, -0.05) is 0 Å². The van der Waals surface area contributed by atoms with Gasteiger partial charge in [-0.05, 0) is 43.9 Å². The first-order valence-electron chi connectivity index (χ1n) is 6.51. The summed E-state index contributed by atoms with van der Waals surface area (Å²) in [5.41, 5.74) is 0.922. The first-order chi connectivity index (χ1) is 8.84. The third-order valence-electron chi connectivity index (χ3n) is 3.52. The van der Waals surface area contributed by atoms with Gasteiger partial charge in [0.2, 0.25) is 0 Å². The van der Waals surface area contributed by atoms with Gasteiger partial charge in [0.1, 0.15) is 21.3 Å². The largest absolute Gasteiger partial charge is 0.508 e. The number of hydrogen-bond acceptors (Lipinski definition) is 4. The Morgan fingerprint density at radius 1 is 1.26 bits per heavy atom. The van der Waals surface area contributed by atoms with Crippen molar-refractivity contribution in [1.29, 1.82) is 0 Å². The second kappa shape index (κ2) is 5.41. The van der Waals surface area contributed by atoms with Crippen molar-refractivity contribution in [3.63, 3.8) is 0 Å². The van der Waals surface area contributed by atoms with E-state index in [9.17, 15) is 13.5 Å². The molecule has 0 aliphatic heterocycles.